The molecule has 0 bridgehead atoms. The van der Waals surface area contributed by atoms with Gasteiger partial charge in [-0.1, -0.05) is 0 Å². The quantitative estimate of drug-likeness (QED) is 0.292. The van der Waals surface area contributed by atoms with Crippen molar-refractivity contribution in [1.29, 1.82) is 0 Å². The van der Waals surface area contributed by atoms with E-state index in [9.17, 15) is 0 Å². The van der Waals surface area contributed by atoms with Crippen molar-refractivity contribution in [2.24, 2.45) is 0 Å². The first-order chi connectivity index (χ1) is 0. The first-order valence-electron chi connectivity index (χ1n) is 0. The smallest absolute Gasteiger partial charge is 2.00 e. The summed E-state index contributed by atoms with van der Waals surface area (Å²) in [6.07, 6.45) is 0. The molecule has 2 radical (unpaired) electrons. The number of hydrogen-bond donors (Lipinski definition) is 0. The molecule has 0 aliphatic carbocycles. The van der Waals surface area contributed by atoms with Gasteiger partial charge in [0.15, 0.2) is 0 Å². The molecule has 5 nitrogen and oxygen atoms in total. The molecule has 0 fully saturated rings. The maximum atomic E-state index is 0. The fraction of sp³-hybridized carbons (Fsp3) is 0. The minimum Gasteiger partial charge on any atom is -2.00 e. The molecular formula is Fe2Mg2O5Pt2. The Labute approximate surface area is 147 Å². The Morgan fingerprint density at radius 1 is 0.364 bits per heavy atom. The van der Waals surface area contributed by atoms with E-state index in [1.165, 1.54) is 0 Å². The van der Waals surface area contributed by atoms with Crippen molar-refractivity contribution in [3.8, 4) is 0 Å². The topological polar surface area (TPSA) is 142 Å². The van der Waals surface area contributed by atoms with Crippen LogP contribution in [-0.2, 0) is 104 Å². The van der Waals surface area contributed by atoms with Gasteiger partial charge in [-0.05, 0) is 0 Å². The molecule has 0 aromatic heterocycles. The van der Waals surface area contributed by atoms with E-state index in [4.69, 9.17) is 0 Å². The van der Waals surface area contributed by atoms with E-state index in [1.807, 2.05) is 0 Å². The zero-order valence-electron chi connectivity index (χ0n) is 4.80. The Kier molecular flexibility index (Phi) is 2870. The average molecular weight is 630 g/mol. The van der Waals surface area contributed by atoms with Gasteiger partial charge in [0.1, 0.15) is 0 Å². The Balaban J connectivity index is 0. The van der Waals surface area contributed by atoms with Crippen LogP contribution < -0.4 is 0 Å². The molecule has 0 N–H and O–H groups in total. The SMILES string of the molecule is [Fe+3].[Fe+3].[Mg+2].[Mg+2].[O-2].[O-2].[O-2].[O-2].[O-2].[Pt].[Pt]. The van der Waals surface area contributed by atoms with Crippen LogP contribution in [0.2, 0.25) is 0 Å². The second-order valence-electron chi connectivity index (χ2n) is 0. The molecule has 0 saturated heterocycles. The van der Waals surface area contributed by atoms with Crippen molar-refractivity contribution >= 4 is 46.1 Å². The fourth-order valence-electron chi connectivity index (χ4n) is 0. The van der Waals surface area contributed by atoms with Crippen molar-refractivity contribution in [3.05, 3.63) is 0 Å². The molecule has 0 aliphatic rings. The first-order valence-corrected chi connectivity index (χ1v) is 0. The van der Waals surface area contributed by atoms with Gasteiger partial charge in [0.05, 0.1) is 0 Å². The number of hydrogen-bond acceptors (Lipinski definition) is 0. The standard InChI is InChI=1S/2Fe.2Mg.5O.2Pt/q2*+3;2*+2;5*-2;;. The van der Waals surface area contributed by atoms with Crippen LogP contribution in [0.1, 0.15) is 0 Å². The zero-order chi connectivity index (χ0) is 0. The molecular weight excluding hydrogens is 630 g/mol. The van der Waals surface area contributed by atoms with Crippen LogP contribution in [0.25, 0.3) is 0 Å². The van der Waals surface area contributed by atoms with E-state index in [2.05, 4.69) is 0 Å². The van der Waals surface area contributed by atoms with Gasteiger partial charge in [0.25, 0.3) is 0 Å². The fourth-order valence-corrected chi connectivity index (χ4v) is 0. The summed E-state index contributed by atoms with van der Waals surface area (Å²) in [6.45, 7) is 0. The summed E-state index contributed by atoms with van der Waals surface area (Å²) in [7, 11) is 0. The van der Waals surface area contributed by atoms with Crippen LogP contribution in [0.3, 0.4) is 0 Å². The molecule has 11 heteroatoms. The molecule has 0 spiro atoms. The average Bonchev–Trinajstić information content (AvgIpc) is 0. The third-order valence-corrected chi connectivity index (χ3v) is 0. The van der Waals surface area contributed by atoms with Gasteiger partial charge in [0.2, 0.25) is 0 Å². The summed E-state index contributed by atoms with van der Waals surface area (Å²) in [4.78, 5) is 0. The van der Waals surface area contributed by atoms with Gasteiger partial charge in [0, 0.05) is 42.1 Å². The Hall–Kier alpha value is 3.75. The Morgan fingerprint density at radius 3 is 0.364 bits per heavy atom. The van der Waals surface area contributed by atoms with Gasteiger partial charge < -0.3 is 27.4 Å². The van der Waals surface area contributed by atoms with E-state index in [0.29, 0.717) is 0 Å². The summed E-state index contributed by atoms with van der Waals surface area (Å²) in [5, 5.41) is 0. The van der Waals surface area contributed by atoms with Gasteiger partial charge in [-0.25, -0.2) is 0 Å². The zero-order valence-corrected chi connectivity index (χ0v) is 14.4. The van der Waals surface area contributed by atoms with Crippen LogP contribution in [-0.4, -0.2) is 46.1 Å². The van der Waals surface area contributed by atoms with Crippen LogP contribution in [0.15, 0.2) is 0 Å². The van der Waals surface area contributed by atoms with Crippen molar-refractivity contribution < 1.29 is 104 Å². The van der Waals surface area contributed by atoms with E-state index >= 15 is 0 Å². The van der Waals surface area contributed by atoms with Gasteiger partial charge >= 0.3 is 80.2 Å². The molecule has 0 aromatic carbocycles. The van der Waals surface area contributed by atoms with Crippen molar-refractivity contribution in [3.63, 3.8) is 0 Å². The third kappa shape index (κ3) is 135. The summed E-state index contributed by atoms with van der Waals surface area (Å²) >= 11 is 0. The monoisotopic (exact) mass is 630 g/mol. The summed E-state index contributed by atoms with van der Waals surface area (Å²) in [6, 6.07) is 0. The molecule has 0 aliphatic heterocycles. The largest absolute Gasteiger partial charge is 3.00 e. The molecule has 0 heterocycles. The van der Waals surface area contributed by atoms with E-state index in [1.54, 1.807) is 0 Å². The second kappa shape index (κ2) is 159. The van der Waals surface area contributed by atoms with E-state index < -0.39 is 0 Å². The first kappa shape index (κ1) is 198. The maximum absolute atomic E-state index is 0. The minimum absolute atomic E-state index is 0. The van der Waals surface area contributed by atoms with Crippen molar-refractivity contribution in [1.82, 2.24) is 0 Å². The van der Waals surface area contributed by atoms with E-state index in [-0.39, 0.29) is 150 Å². The molecule has 0 saturated carbocycles. The van der Waals surface area contributed by atoms with Crippen molar-refractivity contribution in [2.75, 3.05) is 0 Å². The summed E-state index contributed by atoms with van der Waals surface area (Å²) < 4.78 is 0. The second-order valence-corrected chi connectivity index (χ2v) is 0. The van der Waals surface area contributed by atoms with E-state index in [0.717, 1.165) is 0 Å². The maximum Gasteiger partial charge on any atom is 3.00 e. The summed E-state index contributed by atoms with van der Waals surface area (Å²) in [5.74, 6) is 0. The van der Waals surface area contributed by atoms with Crippen LogP contribution in [0.5, 0.6) is 0 Å². The molecule has 70 valence electrons. The van der Waals surface area contributed by atoms with Crippen molar-refractivity contribution in [2.45, 2.75) is 0 Å². The van der Waals surface area contributed by atoms with Crippen LogP contribution in [0.4, 0.5) is 0 Å². The third-order valence-electron chi connectivity index (χ3n) is 0. The normalized spacial score (nSPS) is 0. The van der Waals surface area contributed by atoms with Gasteiger partial charge in [-0.2, -0.15) is 0 Å². The van der Waals surface area contributed by atoms with Crippen LogP contribution >= 0.6 is 0 Å². The summed E-state index contributed by atoms with van der Waals surface area (Å²) in [5.41, 5.74) is 0. The minimum atomic E-state index is 0. The molecule has 0 rings (SSSR count). The predicted molar refractivity (Wildman–Crippen MR) is 14.9 cm³/mol. The van der Waals surface area contributed by atoms with Gasteiger partial charge in [-0.15, -0.1) is 0 Å². The van der Waals surface area contributed by atoms with Gasteiger partial charge in [-0.3, -0.25) is 0 Å². The molecule has 0 unspecified atom stereocenters. The van der Waals surface area contributed by atoms with Crippen LogP contribution in [0, 0.1) is 0 Å². The predicted octanol–water partition coefficient (Wildman–Crippen LogP) is -1.37. The Morgan fingerprint density at radius 2 is 0.364 bits per heavy atom. The molecule has 0 aromatic rings. The molecule has 11 heavy (non-hydrogen) atoms. The Bertz CT molecular complexity index is 20.4. The molecule has 0 amide bonds. The molecule has 0 atom stereocenters. The number of rotatable bonds is 0.